The molecule has 4 rings (SSSR count). The van der Waals surface area contributed by atoms with E-state index in [0.29, 0.717) is 0 Å². The van der Waals surface area contributed by atoms with E-state index in [-0.39, 0.29) is 0 Å². The summed E-state index contributed by atoms with van der Waals surface area (Å²) in [4.78, 5) is 4.51. The first-order valence-electron chi connectivity index (χ1n) is 5.56. The van der Waals surface area contributed by atoms with Gasteiger partial charge in [0.2, 0.25) is 0 Å². The molecule has 0 spiro atoms. The second kappa shape index (κ2) is 3.20. The van der Waals surface area contributed by atoms with Crippen LogP contribution >= 0.6 is 15.9 Å². The summed E-state index contributed by atoms with van der Waals surface area (Å²) in [5.41, 5.74) is 5.07. The maximum atomic E-state index is 4.51. The Bertz CT molecular complexity index is 743. The zero-order valence-electron chi connectivity index (χ0n) is 9.02. The Morgan fingerprint density at radius 3 is 3.00 bits per heavy atom. The first-order chi connectivity index (χ1) is 8.33. The number of halogens is 1. The number of hydrogen-bond donors (Lipinski definition) is 0. The lowest BCUT2D eigenvalue weighted by atomic mass is 10.1. The monoisotopic (exact) mass is 284 g/mol. The molecule has 0 amide bonds. The fourth-order valence-electron chi connectivity index (χ4n) is 2.58. The predicted octanol–water partition coefficient (Wildman–Crippen LogP) is 3.83. The lowest BCUT2D eigenvalue weighted by Gasteiger charge is -1.99. The van der Waals surface area contributed by atoms with Crippen LogP contribution < -0.4 is 0 Å². The van der Waals surface area contributed by atoms with Gasteiger partial charge < -0.3 is 4.57 Å². The van der Waals surface area contributed by atoms with Crippen molar-refractivity contribution in [3.63, 3.8) is 0 Å². The summed E-state index contributed by atoms with van der Waals surface area (Å²) in [6.45, 7) is 0.934. The third kappa shape index (κ3) is 1.23. The van der Waals surface area contributed by atoms with Gasteiger partial charge in [0, 0.05) is 21.6 Å². The lowest BCUT2D eigenvalue weighted by molar-refractivity contribution is 0.872. The van der Waals surface area contributed by atoms with Gasteiger partial charge in [-0.15, -0.1) is 0 Å². The Hall–Kier alpha value is -1.61. The van der Waals surface area contributed by atoms with Crippen LogP contribution in [0.25, 0.3) is 22.3 Å². The van der Waals surface area contributed by atoms with E-state index >= 15 is 0 Å². The number of fused-ring (bicyclic) bond motifs is 5. The van der Waals surface area contributed by atoms with Crippen LogP contribution in [0.4, 0.5) is 0 Å². The summed E-state index contributed by atoms with van der Waals surface area (Å²) in [6.07, 6.45) is 1.86. The minimum Gasteiger partial charge on any atom is -0.321 e. The van der Waals surface area contributed by atoms with Gasteiger partial charge in [-0.2, -0.15) is 0 Å². The van der Waals surface area contributed by atoms with Crippen molar-refractivity contribution in [2.45, 2.75) is 6.54 Å². The highest BCUT2D eigenvalue weighted by Crippen LogP contribution is 2.36. The quantitative estimate of drug-likeness (QED) is 0.480. The van der Waals surface area contributed by atoms with Gasteiger partial charge >= 0.3 is 0 Å². The Morgan fingerprint density at radius 2 is 2.06 bits per heavy atom. The first-order valence-corrected chi connectivity index (χ1v) is 6.35. The number of benzene rings is 1. The maximum Gasteiger partial charge on any atom is 0.140 e. The molecule has 0 atom stereocenters. The van der Waals surface area contributed by atoms with Crippen LogP contribution in [0, 0.1) is 0 Å². The minimum absolute atomic E-state index is 0.934. The summed E-state index contributed by atoms with van der Waals surface area (Å²) in [5.74, 6) is 0. The van der Waals surface area contributed by atoms with Crippen molar-refractivity contribution in [1.82, 2.24) is 9.55 Å². The minimum atomic E-state index is 0.934. The molecule has 2 nitrogen and oxygen atoms in total. The third-order valence-corrected chi connectivity index (χ3v) is 3.76. The molecule has 0 saturated carbocycles. The van der Waals surface area contributed by atoms with Crippen LogP contribution in [0.1, 0.15) is 5.56 Å². The van der Waals surface area contributed by atoms with Crippen molar-refractivity contribution in [3.05, 3.63) is 52.6 Å². The molecule has 0 saturated heterocycles. The van der Waals surface area contributed by atoms with Gasteiger partial charge in [0.15, 0.2) is 0 Å². The smallest absolute Gasteiger partial charge is 0.140 e. The fraction of sp³-hybridized carbons (Fsp3) is 0.0714. The Kier molecular flexibility index (Phi) is 1.77. The second-order valence-electron chi connectivity index (χ2n) is 4.34. The molecule has 0 radical (unpaired) electrons. The Morgan fingerprint density at radius 1 is 1.18 bits per heavy atom. The lowest BCUT2D eigenvalue weighted by Crippen LogP contribution is -1.93. The molecule has 3 heteroatoms. The Labute approximate surface area is 107 Å². The van der Waals surface area contributed by atoms with E-state index in [1.165, 1.54) is 22.2 Å². The van der Waals surface area contributed by atoms with Crippen LogP contribution in [0.15, 0.2) is 47.1 Å². The van der Waals surface area contributed by atoms with E-state index in [1.54, 1.807) is 0 Å². The normalized spacial score (nSPS) is 12.8. The number of rotatable bonds is 0. The Balaban J connectivity index is 2.08. The zero-order valence-corrected chi connectivity index (χ0v) is 10.6. The van der Waals surface area contributed by atoms with Gasteiger partial charge in [-0.3, -0.25) is 0 Å². The van der Waals surface area contributed by atoms with Crippen molar-refractivity contribution in [3.8, 4) is 11.3 Å². The molecule has 1 aliphatic heterocycles. The van der Waals surface area contributed by atoms with Crippen molar-refractivity contribution in [2.75, 3.05) is 0 Å². The molecule has 0 unspecified atom stereocenters. The molecule has 17 heavy (non-hydrogen) atoms. The average molecular weight is 285 g/mol. The molecule has 3 aromatic rings. The first kappa shape index (κ1) is 9.42. The molecule has 3 heterocycles. The third-order valence-electron chi connectivity index (χ3n) is 3.32. The van der Waals surface area contributed by atoms with Crippen molar-refractivity contribution in [2.24, 2.45) is 0 Å². The second-order valence-corrected chi connectivity index (χ2v) is 5.25. The molecule has 1 aliphatic rings. The van der Waals surface area contributed by atoms with Gasteiger partial charge in [0.1, 0.15) is 5.65 Å². The summed E-state index contributed by atoms with van der Waals surface area (Å²) < 4.78 is 3.31. The highest BCUT2D eigenvalue weighted by atomic mass is 79.9. The number of pyridine rings is 1. The summed E-state index contributed by atoms with van der Waals surface area (Å²) in [6, 6.07) is 12.9. The predicted molar refractivity (Wildman–Crippen MR) is 72.0 cm³/mol. The molecule has 1 aromatic carbocycles. The van der Waals surface area contributed by atoms with E-state index in [9.17, 15) is 0 Å². The average Bonchev–Trinajstić information content (AvgIpc) is 2.84. The maximum absolute atomic E-state index is 4.51. The summed E-state index contributed by atoms with van der Waals surface area (Å²) in [7, 11) is 0. The summed E-state index contributed by atoms with van der Waals surface area (Å²) >= 11 is 3.47. The molecule has 2 aromatic heterocycles. The van der Waals surface area contributed by atoms with Crippen molar-refractivity contribution >= 4 is 27.0 Å². The van der Waals surface area contributed by atoms with Gasteiger partial charge in [-0.1, -0.05) is 24.3 Å². The van der Waals surface area contributed by atoms with E-state index in [2.05, 4.69) is 61.9 Å². The SMILES string of the molecule is Brc1cnc2c(c1)cc1n2Cc2ccccc2-1. The van der Waals surface area contributed by atoms with E-state index < -0.39 is 0 Å². The molecule has 0 aliphatic carbocycles. The van der Waals surface area contributed by atoms with Crippen LogP contribution in [-0.4, -0.2) is 9.55 Å². The highest BCUT2D eigenvalue weighted by molar-refractivity contribution is 9.10. The highest BCUT2D eigenvalue weighted by Gasteiger charge is 2.20. The topological polar surface area (TPSA) is 17.8 Å². The van der Waals surface area contributed by atoms with Gasteiger partial charge in [0.25, 0.3) is 0 Å². The van der Waals surface area contributed by atoms with E-state index in [1.807, 2.05) is 6.20 Å². The van der Waals surface area contributed by atoms with Crippen LogP contribution in [0.3, 0.4) is 0 Å². The van der Waals surface area contributed by atoms with Gasteiger partial charge in [-0.05, 0) is 33.6 Å². The number of hydrogen-bond acceptors (Lipinski definition) is 1. The zero-order chi connectivity index (χ0) is 11.4. The number of aromatic nitrogens is 2. The molecule has 0 fully saturated rings. The van der Waals surface area contributed by atoms with Crippen LogP contribution in [0.5, 0.6) is 0 Å². The van der Waals surface area contributed by atoms with Crippen LogP contribution in [0.2, 0.25) is 0 Å². The fourth-order valence-corrected chi connectivity index (χ4v) is 2.93. The molecular formula is C14H9BrN2. The molecule has 0 N–H and O–H groups in total. The van der Waals surface area contributed by atoms with Crippen molar-refractivity contribution in [1.29, 1.82) is 0 Å². The van der Waals surface area contributed by atoms with E-state index in [0.717, 1.165) is 16.7 Å². The molecular weight excluding hydrogens is 276 g/mol. The summed E-state index contributed by atoms with van der Waals surface area (Å²) in [5, 5.41) is 1.20. The van der Waals surface area contributed by atoms with Gasteiger partial charge in [-0.25, -0.2) is 4.98 Å². The van der Waals surface area contributed by atoms with Crippen molar-refractivity contribution < 1.29 is 0 Å². The van der Waals surface area contributed by atoms with E-state index in [4.69, 9.17) is 0 Å². The standard InChI is InChI=1S/C14H9BrN2/c15-11-5-10-6-13-12-4-2-1-3-9(12)8-17(13)14(10)16-7-11/h1-7H,8H2. The van der Waals surface area contributed by atoms with Gasteiger partial charge in [0.05, 0.1) is 12.2 Å². The largest absolute Gasteiger partial charge is 0.321 e. The number of nitrogens with zero attached hydrogens (tertiary/aromatic N) is 2. The van der Waals surface area contributed by atoms with Crippen LogP contribution in [-0.2, 0) is 6.54 Å². The molecule has 0 bridgehead atoms. The molecule has 82 valence electrons.